The number of H-pyrrole nitrogens is 1. The van der Waals surface area contributed by atoms with E-state index in [0.717, 1.165) is 18.7 Å². The van der Waals surface area contributed by atoms with E-state index in [1.54, 1.807) is 6.33 Å². The predicted octanol–water partition coefficient (Wildman–Crippen LogP) is 2.07. The molecule has 0 spiro atoms. The molecule has 1 heterocycles. The van der Waals surface area contributed by atoms with E-state index in [1.807, 2.05) is 6.20 Å². The molecule has 14 heavy (non-hydrogen) atoms. The second kappa shape index (κ2) is 5.15. The van der Waals surface area contributed by atoms with Crippen molar-refractivity contribution in [1.29, 1.82) is 0 Å². The number of aromatic nitrogens is 2. The third-order valence-electron chi connectivity index (χ3n) is 2.51. The number of nitrogens with one attached hydrogen (secondary N) is 1. The monoisotopic (exact) mass is 195 g/mol. The van der Waals surface area contributed by atoms with Crippen molar-refractivity contribution >= 4 is 0 Å². The standard InChI is InChI=1S/C11H21N3/c1-9(2)14(10(3)4)6-5-11-7-12-8-13-11/h7-10H,5-6H2,1-4H3,(H,12,13). The summed E-state index contributed by atoms with van der Waals surface area (Å²) >= 11 is 0. The summed E-state index contributed by atoms with van der Waals surface area (Å²) in [5.41, 5.74) is 1.15. The van der Waals surface area contributed by atoms with Crippen LogP contribution in [0.3, 0.4) is 0 Å². The second-order valence-corrected chi connectivity index (χ2v) is 4.24. The smallest absolute Gasteiger partial charge is 0.0923 e. The van der Waals surface area contributed by atoms with Crippen LogP contribution in [0.25, 0.3) is 0 Å². The largest absolute Gasteiger partial charge is 0.351 e. The number of hydrogen-bond donors (Lipinski definition) is 1. The molecular formula is C11H21N3. The van der Waals surface area contributed by atoms with E-state index in [2.05, 4.69) is 42.6 Å². The summed E-state index contributed by atoms with van der Waals surface area (Å²) in [7, 11) is 0. The average Bonchev–Trinajstić information content (AvgIpc) is 2.55. The van der Waals surface area contributed by atoms with Crippen molar-refractivity contribution in [2.45, 2.75) is 46.2 Å². The normalized spacial score (nSPS) is 11.9. The van der Waals surface area contributed by atoms with Crippen LogP contribution in [0.2, 0.25) is 0 Å². The summed E-state index contributed by atoms with van der Waals surface area (Å²) in [6.07, 6.45) is 4.74. The maximum absolute atomic E-state index is 4.22. The van der Waals surface area contributed by atoms with Gasteiger partial charge in [0.15, 0.2) is 0 Å². The van der Waals surface area contributed by atoms with Gasteiger partial charge in [-0.1, -0.05) is 0 Å². The van der Waals surface area contributed by atoms with Gasteiger partial charge in [-0.15, -0.1) is 0 Å². The lowest BCUT2D eigenvalue weighted by atomic mass is 10.2. The lowest BCUT2D eigenvalue weighted by Gasteiger charge is -2.30. The highest BCUT2D eigenvalue weighted by molar-refractivity contribution is 4.95. The van der Waals surface area contributed by atoms with Crippen molar-refractivity contribution in [1.82, 2.24) is 14.9 Å². The third kappa shape index (κ3) is 3.14. The highest BCUT2D eigenvalue weighted by atomic mass is 15.2. The maximum Gasteiger partial charge on any atom is 0.0923 e. The summed E-state index contributed by atoms with van der Waals surface area (Å²) in [5, 5.41) is 0. The third-order valence-corrected chi connectivity index (χ3v) is 2.51. The Morgan fingerprint density at radius 3 is 2.36 bits per heavy atom. The van der Waals surface area contributed by atoms with Gasteiger partial charge in [-0.05, 0) is 27.7 Å². The molecule has 0 atom stereocenters. The van der Waals surface area contributed by atoms with Gasteiger partial charge in [0.05, 0.1) is 12.0 Å². The summed E-state index contributed by atoms with van der Waals surface area (Å²) in [4.78, 5) is 9.69. The molecule has 0 fully saturated rings. The topological polar surface area (TPSA) is 31.9 Å². The van der Waals surface area contributed by atoms with Gasteiger partial charge in [-0.3, -0.25) is 4.90 Å². The first-order chi connectivity index (χ1) is 6.61. The van der Waals surface area contributed by atoms with Gasteiger partial charge in [0.2, 0.25) is 0 Å². The van der Waals surface area contributed by atoms with Gasteiger partial charge < -0.3 is 4.98 Å². The Labute approximate surface area is 86.5 Å². The van der Waals surface area contributed by atoms with Crippen LogP contribution in [-0.4, -0.2) is 33.5 Å². The van der Waals surface area contributed by atoms with E-state index in [4.69, 9.17) is 0 Å². The van der Waals surface area contributed by atoms with Crippen LogP contribution in [0, 0.1) is 0 Å². The molecule has 0 unspecified atom stereocenters. The van der Waals surface area contributed by atoms with Crippen LogP contribution in [0.4, 0.5) is 0 Å². The molecule has 3 nitrogen and oxygen atoms in total. The minimum Gasteiger partial charge on any atom is -0.351 e. The molecule has 0 radical (unpaired) electrons. The van der Waals surface area contributed by atoms with E-state index in [-0.39, 0.29) is 0 Å². The summed E-state index contributed by atoms with van der Waals surface area (Å²) in [6.45, 7) is 10.0. The number of imidazole rings is 1. The van der Waals surface area contributed by atoms with E-state index >= 15 is 0 Å². The molecule has 0 aromatic carbocycles. The van der Waals surface area contributed by atoms with E-state index in [9.17, 15) is 0 Å². The molecule has 1 aromatic heterocycles. The fourth-order valence-electron chi connectivity index (χ4n) is 1.78. The predicted molar refractivity (Wildman–Crippen MR) is 59.3 cm³/mol. The van der Waals surface area contributed by atoms with Gasteiger partial charge >= 0.3 is 0 Å². The van der Waals surface area contributed by atoms with Gasteiger partial charge in [0, 0.05) is 31.2 Å². The zero-order valence-corrected chi connectivity index (χ0v) is 9.62. The Morgan fingerprint density at radius 2 is 1.93 bits per heavy atom. The zero-order valence-electron chi connectivity index (χ0n) is 9.62. The molecule has 1 rings (SSSR count). The molecule has 0 aliphatic carbocycles. The first-order valence-electron chi connectivity index (χ1n) is 5.34. The average molecular weight is 195 g/mol. The molecule has 80 valence electrons. The molecule has 0 aliphatic heterocycles. The number of aromatic amines is 1. The number of hydrogen-bond acceptors (Lipinski definition) is 2. The van der Waals surface area contributed by atoms with Crippen LogP contribution in [0.5, 0.6) is 0 Å². The molecule has 0 bridgehead atoms. The summed E-state index contributed by atoms with van der Waals surface area (Å²) in [6, 6.07) is 1.21. The molecule has 0 saturated carbocycles. The Kier molecular flexibility index (Phi) is 4.14. The second-order valence-electron chi connectivity index (χ2n) is 4.24. The molecule has 1 N–H and O–H groups in total. The first-order valence-corrected chi connectivity index (χ1v) is 5.34. The highest BCUT2D eigenvalue weighted by Crippen LogP contribution is 2.06. The fraction of sp³-hybridized carbons (Fsp3) is 0.727. The maximum atomic E-state index is 4.22. The van der Waals surface area contributed by atoms with Crippen molar-refractivity contribution in [2.24, 2.45) is 0 Å². The molecule has 0 amide bonds. The Bertz CT molecular complexity index is 231. The van der Waals surface area contributed by atoms with Crippen LogP contribution < -0.4 is 0 Å². The minimum absolute atomic E-state index is 0.606. The number of nitrogens with zero attached hydrogens (tertiary/aromatic N) is 2. The van der Waals surface area contributed by atoms with Crippen LogP contribution in [-0.2, 0) is 6.42 Å². The van der Waals surface area contributed by atoms with Gasteiger partial charge in [-0.25, -0.2) is 4.98 Å². The summed E-state index contributed by atoms with van der Waals surface area (Å²) in [5.74, 6) is 0. The van der Waals surface area contributed by atoms with Crippen molar-refractivity contribution in [3.63, 3.8) is 0 Å². The Balaban J connectivity index is 2.41. The minimum atomic E-state index is 0.606. The molecule has 0 saturated heterocycles. The van der Waals surface area contributed by atoms with E-state index in [1.165, 1.54) is 0 Å². The molecule has 3 heteroatoms. The quantitative estimate of drug-likeness (QED) is 0.780. The van der Waals surface area contributed by atoms with Crippen LogP contribution in [0.1, 0.15) is 33.4 Å². The highest BCUT2D eigenvalue weighted by Gasteiger charge is 2.12. The lowest BCUT2D eigenvalue weighted by Crippen LogP contribution is -2.38. The van der Waals surface area contributed by atoms with Gasteiger partial charge in [-0.2, -0.15) is 0 Å². The van der Waals surface area contributed by atoms with Crippen LogP contribution in [0.15, 0.2) is 12.5 Å². The van der Waals surface area contributed by atoms with E-state index < -0.39 is 0 Å². The Hall–Kier alpha value is -0.830. The van der Waals surface area contributed by atoms with Crippen molar-refractivity contribution in [3.8, 4) is 0 Å². The zero-order chi connectivity index (χ0) is 10.6. The SMILES string of the molecule is CC(C)N(CCc1c[nH]cn1)C(C)C. The van der Waals surface area contributed by atoms with Crippen molar-refractivity contribution < 1.29 is 0 Å². The summed E-state index contributed by atoms with van der Waals surface area (Å²) < 4.78 is 0. The Morgan fingerprint density at radius 1 is 1.29 bits per heavy atom. The number of rotatable bonds is 5. The van der Waals surface area contributed by atoms with Crippen LogP contribution >= 0.6 is 0 Å². The van der Waals surface area contributed by atoms with Crippen molar-refractivity contribution in [2.75, 3.05) is 6.54 Å². The lowest BCUT2D eigenvalue weighted by molar-refractivity contribution is 0.177. The fourth-order valence-corrected chi connectivity index (χ4v) is 1.78. The van der Waals surface area contributed by atoms with Gasteiger partial charge in [0.1, 0.15) is 0 Å². The molecule has 0 aliphatic rings. The van der Waals surface area contributed by atoms with Gasteiger partial charge in [0.25, 0.3) is 0 Å². The molecule has 1 aromatic rings. The molecular weight excluding hydrogens is 174 g/mol. The van der Waals surface area contributed by atoms with E-state index in [0.29, 0.717) is 12.1 Å². The first kappa shape index (κ1) is 11.2. The van der Waals surface area contributed by atoms with Crippen molar-refractivity contribution in [3.05, 3.63) is 18.2 Å².